The fraction of sp³-hybridized carbons (Fsp3) is 0.350. The molecule has 2 aliphatic heterocycles. The predicted octanol–water partition coefficient (Wildman–Crippen LogP) is 1.87. The second-order valence-electron chi connectivity index (χ2n) is 7.52. The van der Waals surface area contributed by atoms with Crippen LogP contribution >= 0.6 is 0 Å². The van der Waals surface area contributed by atoms with Crippen LogP contribution in [0.1, 0.15) is 33.3 Å². The van der Waals surface area contributed by atoms with Crippen LogP contribution in [-0.4, -0.2) is 30.6 Å². The van der Waals surface area contributed by atoms with E-state index in [1.807, 2.05) is 0 Å². The number of methoxy groups -OCH3 is 1. The minimum absolute atomic E-state index is 0.0752. The number of hydrogen-bond donors (Lipinski definition) is 2. The van der Waals surface area contributed by atoms with Gasteiger partial charge in [-0.2, -0.15) is 0 Å². The predicted molar refractivity (Wildman–Crippen MR) is 99.6 cm³/mol. The molecule has 1 amide bonds. The monoisotopic (exact) mass is 386 g/mol. The Morgan fingerprint density at radius 3 is 2.39 bits per heavy atom. The van der Waals surface area contributed by atoms with Crippen LogP contribution in [0.4, 0.5) is 5.69 Å². The van der Waals surface area contributed by atoms with E-state index in [1.54, 1.807) is 45.0 Å². The number of hydrogen-bond acceptors (Lipinski definition) is 7. The lowest BCUT2D eigenvalue weighted by Crippen LogP contribution is -2.49. The summed E-state index contributed by atoms with van der Waals surface area (Å²) in [5.41, 5.74) is 3.81. The number of allylic oxidation sites excluding steroid dienone is 1. The van der Waals surface area contributed by atoms with Crippen molar-refractivity contribution in [1.82, 2.24) is 0 Å². The quantitative estimate of drug-likeness (QED) is 0.745. The zero-order chi connectivity index (χ0) is 20.9. The molecular weight excluding hydrogens is 364 g/mol. The van der Waals surface area contributed by atoms with Gasteiger partial charge in [0, 0.05) is 11.3 Å². The molecule has 1 aromatic carbocycles. The van der Waals surface area contributed by atoms with Gasteiger partial charge in [-0.15, -0.1) is 0 Å². The number of ether oxygens (including phenoxy) is 3. The highest BCUT2D eigenvalue weighted by molar-refractivity contribution is 6.21. The third-order valence-corrected chi connectivity index (χ3v) is 4.52. The lowest BCUT2D eigenvalue weighted by atomic mass is 9.67. The molecule has 0 aromatic heterocycles. The number of rotatable bonds is 2. The van der Waals surface area contributed by atoms with E-state index in [-0.39, 0.29) is 22.8 Å². The third kappa shape index (κ3) is 2.72. The Bertz CT molecular complexity index is 954. The largest absolute Gasteiger partial charge is 0.465 e. The lowest BCUT2D eigenvalue weighted by molar-refractivity contribution is -0.152. The summed E-state index contributed by atoms with van der Waals surface area (Å²) in [4.78, 5) is 39.1. The fourth-order valence-electron chi connectivity index (χ4n) is 3.58. The summed E-state index contributed by atoms with van der Waals surface area (Å²) in [5, 5.41) is 2.72. The Morgan fingerprint density at radius 2 is 1.79 bits per heavy atom. The first-order valence-corrected chi connectivity index (χ1v) is 8.66. The Hall–Kier alpha value is -3.29. The molecule has 0 aliphatic carbocycles. The van der Waals surface area contributed by atoms with Gasteiger partial charge in [0.1, 0.15) is 27.9 Å². The summed E-state index contributed by atoms with van der Waals surface area (Å²) in [6, 6.07) is 6.74. The maximum Gasteiger partial charge on any atom is 0.340 e. The topological polar surface area (TPSA) is 117 Å². The smallest absolute Gasteiger partial charge is 0.340 e. The molecule has 1 unspecified atom stereocenters. The minimum Gasteiger partial charge on any atom is -0.465 e. The number of carbonyl (C=O) groups excluding carboxylic acids is 3. The van der Waals surface area contributed by atoms with E-state index in [0.29, 0.717) is 11.3 Å². The van der Waals surface area contributed by atoms with E-state index in [9.17, 15) is 14.4 Å². The van der Waals surface area contributed by atoms with Gasteiger partial charge in [-0.05, 0) is 33.8 Å². The molecule has 8 heteroatoms. The van der Waals surface area contributed by atoms with Crippen molar-refractivity contribution < 1.29 is 28.6 Å². The molecule has 2 aliphatic rings. The van der Waals surface area contributed by atoms with Crippen LogP contribution in [0.5, 0.6) is 0 Å². The summed E-state index contributed by atoms with van der Waals surface area (Å²) in [7, 11) is 1.16. The van der Waals surface area contributed by atoms with E-state index in [4.69, 9.17) is 19.9 Å². The molecule has 28 heavy (non-hydrogen) atoms. The average molecular weight is 386 g/mol. The molecule has 0 radical (unpaired) electrons. The lowest BCUT2D eigenvalue weighted by Gasteiger charge is -2.36. The van der Waals surface area contributed by atoms with Gasteiger partial charge in [0.15, 0.2) is 0 Å². The van der Waals surface area contributed by atoms with Crippen LogP contribution in [0.3, 0.4) is 0 Å². The van der Waals surface area contributed by atoms with Crippen LogP contribution in [0, 0.1) is 0 Å². The molecule has 148 valence electrons. The summed E-state index contributed by atoms with van der Waals surface area (Å²) < 4.78 is 15.9. The Kier molecular flexibility index (Phi) is 4.45. The highest BCUT2D eigenvalue weighted by Crippen LogP contribution is 2.52. The molecule has 0 saturated heterocycles. The Morgan fingerprint density at radius 1 is 1.14 bits per heavy atom. The van der Waals surface area contributed by atoms with Gasteiger partial charge in [0.05, 0.1) is 7.11 Å². The van der Waals surface area contributed by atoms with Crippen LogP contribution in [0.25, 0.3) is 0 Å². The number of esters is 2. The maximum atomic E-state index is 13.3. The first-order chi connectivity index (χ1) is 13.0. The third-order valence-electron chi connectivity index (χ3n) is 4.52. The van der Waals surface area contributed by atoms with Crippen molar-refractivity contribution in [2.75, 3.05) is 12.4 Å². The van der Waals surface area contributed by atoms with Crippen molar-refractivity contribution in [2.24, 2.45) is 5.73 Å². The summed E-state index contributed by atoms with van der Waals surface area (Å²) in [6.45, 7) is 6.60. The zero-order valence-corrected chi connectivity index (χ0v) is 16.3. The number of amides is 1. The van der Waals surface area contributed by atoms with Crippen LogP contribution in [-0.2, 0) is 34.0 Å². The molecule has 1 spiro atoms. The fourth-order valence-corrected chi connectivity index (χ4v) is 3.58. The summed E-state index contributed by atoms with van der Waals surface area (Å²) >= 11 is 0. The standard InChI is InChI=1S/C20H22N2O6/c1-10-13(17(24)28-19(2,3)4)20(14(15(21)27-10)16(23)26-5)11-8-6-7-9-12(11)22-18(20)25/h6-9H,21H2,1-5H3,(H,22,25). The van der Waals surface area contributed by atoms with Gasteiger partial charge >= 0.3 is 11.9 Å². The van der Waals surface area contributed by atoms with Gasteiger partial charge in [0.25, 0.3) is 0 Å². The van der Waals surface area contributed by atoms with Gasteiger partial charge in [0.2, 0.25) is 11.8 Å². The molecule has 3 N–H and O–H groups in total. The summed E-state index contributed by atoms with van der Waals surface area (Å²) in [6.07, 6.45) is 0. The van der Waals surface area contributed by atoms with E-state index >= 15 is 0 Å². The summed E-state index contributed by atoms with van der Waals surface area (Å²) in [5.74, 6) is -2.50. The Balaban J connectivity index is 2.36. The van der Waals surface area contributed by atoms with Gasteiger partial charge in [-0.3, -0.25) is 4.79 Å². The number of para-hydroxylation sites is 1. The number of fused-ring (bicyclic) bond motifs is 2. The SMILES string of the molecule is COC(=O)C1=C(N)OC(C)=C(C(=O)OC(C)(C)C)C12C(=O)Nc1ccccc12. The molecule has 0 fully saturated rings. The van der Waals surface area contributed by atoms with Crippen molar-refractivity contribution in [3.8, 4) is 0 Å². The number of nitrogens with one attached hydrogen (secondary N) is 1. The van der Waals surface area contributed by atoms with E-state index in [0.717, 1.165) is 7.11 Å². The van der Waals surface area contributed by atoms with E-state index in [1.165, 1.54) is 6.92 Å². The van der Waals surface area contributed by atoms with Gasteiger partial charge < -0.3 is 25.3 Å². The zero-order valence-electron chi connectivity index (χ0n) is 16.3. The van der Waals surface area contributed by atoms with Crippen LogP contribution in [0.15, 0.2) is 47.1 Å². The van der Waals surface area contributed by atoms with E-state index in [2.05, 4.69) is 5.32 Å². The second kappa shape index (κ2) is 6.40. The molecular formula is C20H22N2O6. The maximum absolute atomic E-state index is 13.3. The van der Waals surface area contributed by atoms with Crippen molar-refractivity contribution in [3.05, 3.63) is 52.6 Å². The molecule has 3 rings (SSSR count). The first-order valence-electron chi connectivity index (χ1n) is 8.66. The number of anilines is 1. The molecule has 0 saturated carbocycles. The van der Waals surface area contributed by atoms with Crippen molar-refractivity contribution in [2.45, 2.75) is 38.7 Å². The number of carbonyl (C=O) groups is 3. The van der Waals surface area contributed by atoms with Crippen LogP contribution in [0.2, 0.25) is 0 Å². The molecule has 2 heterocycles. The highest BCUT2D eigenvalue weighted by Gasteiger charge is 2.61. The minimum atomic E-state index is -1.83. The molecule has 8 nitrogen and oxygen atoms in total. The molecule has 0 bridgehead atoms. The van der Waals surface area contributed by atoms with Crippen molar-refractivity contribution >= 4 is 23.5 Å². The number of benzene rings is 1. The van der Waals surface area contributed by atoms with Crippen molar-refractivity contribution in [1.29, 1.82) is 0 Å². The van der Waals surface area contributed by atoms with Gasteiger partial charge in [-0.1, -0.05) is 18.2 Å². The van der Waals surface area contributed by atoms with Gasteiger partial charge in [-0.25, -0.2) is 9.59 Å². The number of nitrogens with two attached hydrogens (primary N) is 1. The first kappa shape index (κ1) is 19.5. The van der Waals surface area contributed by atoms with E-state index < -0.39 is 28.9 Å². The molecule has 1 aromatic rings. The molecule has 1 atom stereocenters. The highest BCUT2D eigenvalue weighted by atomic mass is 16.6. The average Bonchev–Trinajstić information content (AvgIpc) is 2.85. The van der Waals surface area contributed by atoms with Crippen molar-refractivity contribution in [3.63, 3.8) is 0 Å². The normalized spacial score (nSPS) is 21.2. The Labute approximate surface area is 162 Å². The van der Waals surface area contributed by atoms with Crippen LogP contribution < -0.4 is 11.1 Å². The second-order valence-corrected chi connectivity index (χ2v) is 7.52.